The minimum Gasteiger partial charge on any atom is -0.340 e. The van der Waals surface area contributed by atoms with Crippen LogP contribution in [0.5, 0.6) is 0 Å². The molecule has 1 aliphatic rings. The van der Waals surface area contributed by atoms with Crippen molar-refractivity contribution < 1.29 is 0 Å². The highest BCUT2D eigenvalue weighted by Gasteiger charge is 2.16. The Kier molecular flexibility index (Phi) is 3.20. The molecule has 90 valence electrons. The van der Waals surface area contributed by atoms with Gasteiger partial charge in [0, 0.05) is 23.2 Å². The maximum Gasteiger partial charge on any atom is 0.0484 e. The van der Waals surface area contributed by atoms with Crippen LogP contribution >= 0.6 is 15.9 Å². The molecule has 0 bridgehead atoms. The van der Waals surface area contributed by atoms with Crippen molar-refractivity contribution in [2.75, 3.05) is 16.8 Å². The fraction of sp³-hybridized carbons (Fsp3) is 0.125. The summed E-state index contributed by atoms with van der Waals surface area (Å²) in [5.41, 5.74) is 5.10. The first-order valence-corrected chi connectivity index (χ1v) is 7.22. The zero-order valence-corrected chi connectivity index (χ0v) is 11.6. The van der Waals surface area contributed by atoms with E-state index in [1.165, 1.54) is 22.5 Å². The van der Waals surface area contributed by atoms with Gasteiger partial charge in [0.1, 0.15) is 0 Å². The Balaban J connectivity index is 2.20. The van der Waals surface area contributed by atoms with Gasteiger partial charge in [0.15, 0.2) is 0 Å². The Morgan fingerprint density at radius 2 is 1.28 bits per heavy atom. The summed E-state index contributed by atoms with van der Waals surface area (Å²) in [5.74, 6) is 0. The zero-order chi connectivity index (χ0) is 12.4. The van der Waals surface area contributed by atoms with Gasteiger partial charge in [-0.05, 0) is 23.3 Å². The van der Waals surface area contributed by atoms with Gasteiger partial charge in [-0.15, -0.1) is 0 Å². The van der Waals surface area contributed by atoms with Crippen LogP contribution in [0, 0.1) is 0 Å². The third kappa shape index (κ3) is 1.97. The lowest BCUT2D eigenvalue weighted by Crippen LogP contribution is -2.20. The van der Waals surface area contributed by atoms with Crippen molar-refractivity contribution in [3.8, 4) is 0 Å². The Morgan fingerprint density at radius 3 is 1.78 bits per heavy atom. The molecule has 0 saturated heterocycles. The lowest BCUT2D eigenvalue weighted by Gasteiger charge is -2.26. The molecule has 2 aromatic carbocycles. The zero-order valence-electron chi connectivity index (χ0n) is 10.0. The molecule has 0 atom stereocenters. The number of halogens is 1. The molecule has 1 nitrogen and oxygen atoms in total. The minimum atomic E-state index is 0.954. The number of anilines is 2. The van der Waals surface area contributed by atoms with Gasteiger partial charge < -0.3 is 4.90 Å². The van der Waals surface area contributed by atoms with Crippen molar-refractivity contribution in [3.05, 3.63) is 59.7 Å². The number of hydrogen-bond acceptors (Lipinski definition) is 1. The Labute approximate surface area is 116 Å². The first kappa shape index (κ1) is 11.5. The van der Waals surface area contributed by atoms with Crippen LogP contribution in [0.4, 0.5) is 11.4 Å². The molecule has 3 rings (SSSR count). The summed E-state index contributed by atoms with van der Waals surface area (Å²) in [4.78, 5) is 2.37. The first-order valence-electron chi connectivity index (χ1n) is 6.10. The summed E-state index contributed by atoms with van der Waals surface area (Å²) in [5, 5.41) is 0.954. The van der Waals surface area contributed by atoms with Crippen LogP contribution in [0.3, 0.4) is 0 Å². The quantitative estimate of drug-likeness (QED) is 0.726. The lowest BCUT2D eigenvalue weighted by atomic mass is 10.1. The standard InChI is InChI=1S/C16H14BrN/c17-11-12-18-15-7-3-1-5-13(15)9-10-14-6-2-4-8-16(14)18/h1-10H,11-12H2. The SMILES string of the molecule is BrCCN1c2ccccc2C=Cc2ccccc21. The van der Waals surface area contributed by atoms with Gasteiger partial charge in [-0.3, -0.25) is 0 Å². The van der Waals surface area contributed by atoms with Gasteiger partial charge in [-0.1, -0.05) is 64.5 Å². The topological polar surface area (TPSA) is 3.24 Å². The molecule has 1 aliphatic heterocycles. The summed E-state index contributed by atoms with van der Waals surface area (Å²) in [7, 11) is 0. The van der Waals surface area contributed by atoms with Gasteiger partial charge in [0.05, 0.1) is 0 Å². The Bertz CT molecular complexity index is 540. The highest BCUT2D eigenvalue weighted by atomic mass is 79.9. The van der Waals surface area contributed by atoms with Gasteiger partial charge in [0.2, 0.25) is 0 Å². The van der Waals surface area contributed by atoms with Crippen molar-refractivity contribution in [1.82, 2.24) is 0 Å². The fourth-order valence-electron chi connectivity index (χ4n) is 2.38. The third-order valence-electron chi connectivity index (χ3n) is 3.21. The minimum absolute atomic E-state index is 0.954. The van der Waals surface area contributed by atoms with E-state index >= 15 is 0 Å². The predicted octanol–water partition coefficient (Wildman–Crippen LogP) is 4.70. The summed E-state index contributed by atoms with van der Waals surface area (Å²) in [6.45, 7) is 0.968. The van der Waals surface area contributed by atoms with Crippen LogP contribution in [0.15, 0.2) is 48.5 Å². The van der Waals surface area contributed by atoms with Crippen molar-refractivity contribution in [2.24, 2.45) is 0 Å². The van der Waals surface area contributed by atoms with E-state index in [9.17, 15) is 0 Å². The molecule has 2 heteroatoms. The monoisotopic (exact) mass is 299 g/mol. The molecule has 0 fully saturated rings. The number of nitrogens with zero attached hydrogens (tertiary/aromatic N) is 1. The van der Waals surface area contributed by atoms with E-state index in [4.69, 9.17) is 0 Å². The van der Waals surface area contributed by atoms with E-state index in [2.05, 4.69) is 81.5 Å². The molecule has 18 heavy (non-hydrogen) atoms. The maximum atomic E-state index is 3.55. The second-order valence-corrected chi connectivity index (χ2v) is 5.08. The van der Waals surface area contributed by atoms with E-state index in [1.807, 2.05) is 0 Å². The van der Waals surface area contributed by atoms with Crippen LogP contribution in [-0.4, -0.2) is 11.9 Å². The molecule has 2 aromatic rings. The van der Waals surface area contributed by atoms with Crippen molar-refractivity contribution in [3.63, 3.8) is 0 Å². The first-order chi connectivity index (χ1) is 8.90. The highest BCUT2D eigenvalue weighted by Crippen LogP contribution is 2.35. The number of hydrogen-bond donors (Lipinski definition) is 0. The van der Waals surface area contributed by atoms with E-state index in [0.29, 0.717) is 0 Å². The molecule has 0 spiro atoms. The molecular weight excluding hydrogens is 286 g/mol. The second kappa shape index (κ2) is 4.99. The maximum absolute atomic E-state index is 3.55. The molecule has 0 saturated carbocycles. The normalized spacial score (nSPS) is 12.8. The predicted molar refractivity (Wildman–Crippen MR) is 82.6 cm³/mol. The van der Waals surface area contributed by atoms with Crippen LogP contribution in [-0.2, 0) is 0 Å². The van der Waals surface area contributed by atoms with Gasteiger partial charge in [-0.2, -0.15) is 0 Å². The lowest BCUT2D eigenvalue weighted by molar-refractivity contribution is 1.04. The fourth-order valence-corrected chi connectivity index (χ4v) is 2.74. The van der Waals surface area contributed by atoms with Crippen LogP contribution in [0.1, 0.15) is 11.1 Å². The molecule has 0 amide bonds. The van der Waals surface area contributed by atoms with E-state index in [0.717, 1.165) is 11.9 Å². The highest BCUT2D eigenvalue weighted by molar-refractivity contribution is 9.09. The summed E-state index contributed by atoms with van der Waals surface area (Å²) in [6, 6.07) is 17.1. The van der Waals surface area contributed by atoms with E-state index < -0.39 is 0 Å². The van der Waals surface area contributed by atoms with Crippen LogP contribution < -0.4 is 4.90 Å². The van der Waals surface area contributed by atoms with E-state index in [1.54, 1.807) is 0 Å². The molecule has 0 unspecified atom stereocenters. The van der Waals surface area contributed by atoms with Gasteiger partial charge in [0.25, 0.3) is 0 Å². The summed E-state index contributed by atoms with van der Waals surface area (Å²) < 4.78 is 0. The van der Waals surface area contributed by atoms with Crippen molar-refractivity contribution in [2.45, 2.75) is 0 Å². The molecular formula is C16H14BrN. The van der Waals surface area contributed by atoms with Crippen LogP contribution in [0.2, 0.25) is 0 Å². The number of alkyl halides is 1. The number of rotatable bonds is 2. The van der Waals surface area contributed by atoms with Crippen LogP contribution in [0.25, 0.3) is 12.2 Å². The summed E-state index contributed by atoms with van der Waals surface area (Å²) in [6.07, 6.45) is 4.39. The summed E-state index contributed by atoms with van der Waals surface area (Å²) >= 11 is 3.55. The van der Waals surface area contributed by atoms with Gasteiger partial charge in [-0.25, -0.2) is 0 Å². The Hall–Kier alpha value is -1.54. The molecule has 0 aromatic heterocycles. The van der Waals surface area contributed by atoms with Crippen molar-refractivity contribution in [1.29, 1.82) is 0 Å². The Morgan fingerprint density at radius 1 is 0.778 bits per heavy atom. The molecule has 0 aliphatic carbocycles. The average molecular weight is 300 g/mol. The number of benzene rings is 2. The van der Waals surface area contributed by atoms with E-state index in [-0.39, 0.29) is 0 Å². The van der Waals surface area contributed by atoms with Gasteiger partial charge >= 0.3 is 0 Å². The number of para-hydroxylation sites is 2. The molecule has 0 radical (unpaired) electrons. The average Bonchev–Trinajstić information content (AvgIpc) is 2.58. The number of fused-ring (bicyclic) bond motifs is 2. The largest absolute Gasteiger partial charge is 0.340 e. The molecule has 1 heterocycles. The molecule has 0 N–H and O–H groups in total. The second-order valence-electron chi connectivity index (χ2n) is 4.29. The third-order valence-corrected chi connectivity index (χ3v) is 3.56. The van der Waals surface area contributed by atoms with Crippen molar-refractivity contribution >= 4 is 39.5 Å². The smallest absolute Gasteiger partial charge is 0.0484 e.